The number of amides is 1. The molecule has 0 aliphatic carbocycles. The van der Waals surface area contributed by atoms with E-state index >= 15 is 0 Å². The van der Waals surface area contributed by atoms with E-state index in [0.717, 1.165) is 33.5 Å². The Labute approximate surface area is 167 Å². The normalized spacial score (nSPS) is 18.0. The lowest BCUT2D eigenvalue weighted by Gasteiger charge is -2.32. The van der Waals surface area contributed by atoms with Crippen LogP contribution in [0.15, 0.2) is 46.9 Å². The molecule has 0 saturated carbocycles. The first-order valence-electron chi connectivity index (χ1n) is 9.19. The third kappa shape index (κ3) is 3.49. The second kappa shape index (κ2) is 7.62. The van der Waals surface area contributed by atoms with Gasteiger partial charge in [0.25, 0.3) is 11.7 Å². The second-order valence-electron chi connectivity index (χ2n) is 6.80. The van der Waals surface area contributed by atoms with Crippen LogP contribution in [0.3, 0.4) is 0 Å². The highest BCUT2D eigenvalue weighted by Crippen LogP contribution is 2.46. The number of hydrogen-bond donors (Lipinski definition) is 0. The maximum absolute atomic E-state index is 13.2. The summed E-state index contributed by atoms with van der Waals surface area (Å²) in [6.07, 6.45) is 1.51. The van der Waals surface area contributed by atoms with Gasteiger partial charge >= 0.3 is 0 Å². The van der Waals surface area contributed by atoms with E-state index in [4.69, 9.17) is 14.2 Å². The predicted octanol–water partition coefficient (Wildman–Crippen LogP) is 4.16. The van der Waals surface area contributed by atoms with Crippen LogP contribution in [0.25, 0.3) is 0 Å². The topological polar surface area (TPSA) is 48.0 Å². The van der Waals surface area contributed by atoms with Gasteiger partial charge in [-0.1, -0.05) is 28.1 Å². The summed E-state index contributed by atoms with van der Waals surface area (Å²) in [6, 6.07) is 13.8. The van der Waals surface area contributed by atoms with Crippen LogP contribution in [-0.4, -0.2) is 32.3 Å². The average Bonchev–Trinajstić information content (AvgIpc) is 2.88. The van der Waals surface area contributed by atoms with Crippen molar-refractivity contribution >= 4 is 27.5 Å². The highest BCUT2D eigenvalue weighted by atomic mass is 79.9. The van der Waals surface area contributed by atoms with E-state index in [9.17, 15) is 4.79 Å². The van der Waals surface area contributed by atoms with E-state index in [-0.39, 0.29) is 5.91 Å². The maximum Gasteiger partial charge on any atom is 0.292 e. The van der Waals surface area contributed by atoms with Gasteiger partial charge in [0, 0.05) is 16.6 Å². The first kappa shape index (κ1) is 18.5. The van der Waals surface area contributed by atoms with Crippen LogP contribution in [0.5, 0.6) is 5.75 Å². The smallest absolute Gasteiger partial charge is 0.292 e. The van der Waals surface area contributed by atoms with Gasteiger partial charge < -0.3 is 19.1 Å². The third-order valence-corrected chi connectivity index (χ3v) is 5.31. The number of nitrogens with zero attached hydrogens (tertiary/aromatic N) is 1. The first-order valence-corrected chi connectivity index (χ1v) is 9.99. The van der Waals surface area contributed by atoms with E-state index in [1.54, 1.807) is 4.90 Å². The number of fused-ring (bicyclic) bond motifs is 2. The highest BCUT2D eigenvalue weighted by molar-refractivity contribution is 9.10. The molecule has 2 aromatic carbocycles. The Bertz CT molecular complexity index is 848. The van der Waals surface area contributed by atoms with Gasteiger partial charge in [0.2, 0.25) is 0 Å². The summed E-state index contributed by atoms with van der Waals surface area (Å²) in [4.78, 5) is 14.9. The van der Waals surface area contributed by atoms with Crippen molar-refractivity contribution in [2.45, 2.75) is 25.6 Å². The minimum atomic E-state index is -1.30. The van der Waals surface area contributed by atoms with Crippen molar-refractivity contribution in [3.05, 3.63) is 58.1 Å². The van der Waals surface area contributed by atoms with E-state index in [2.05, 4.69) is 15.9 Å². The van der Waals surface area contributed by atoms with E-state index in [0.29, 0.717) is 32.8 Å². The predicted molar refractivity (Wildman–Crippen MR) is 106 cm³/mol. The quantitative estimate of drug-likeness (QED) is 0.666. The highest BCUT2D eigenvalue weighted by Gasteiger charge is 2.54. The number of benzene rings is 2. The zero-order chi connectivity index (χ0) is 18.9. The summed E-state index contributed by atoms with van der Waals surface area (Å²) in [5.41, 5.74) is 2.79. The Balaban J connectivity index is 1.47. The Kier molecular flexibility index (Phi) is 5.21. The molecule has 1 saturated heterocycles. The van der Waals surface area contributed by atoms with Gasteiger partial charge in [-0.3, -0.25) is 4.79 Å². The average molecular weight is 432 g/mol. The molecule has 1 fully saturated rings. The Morgan fingerprint density at radius 3 is 2.78 bits per heavy atom. The zero-order valence-corrected chi connectivity index (χ0v) is 16.8. The summed E-state index contributed by atoms with van der Waals surface area (Å²) in [7, 11) is 0. The summed E-state index contributed by atoms with van der Waals surface area (Å²) in [5.74, 6) is -0.595. The van der Waals surface area contributed by atoms with Crippen LogP contribution in [0.2, 0.25) is 0 Å². The van der Waals surface area contributed by atoms with Gasteiger partial charge in [0.15, 0.2) is 0 Å². The Morgan fingerprint density at radius 2 is 2.00 bits per heavy atom. The number of ether oxygens (including phenoxy) is 3. The molecule has 6 heteroatoms. The standard InChI is InChI=1S/C21H22BrNO4/c1-15-5-2-6-17(13-15)25-10-3-9-23-19-8-7-16(22)14-18(19)21(20(23)24)26-11-4-12-27-21/h2,5-8,13-14H,3-4,9-12H2,1H3. The van der Waals surface area contributed by atoms with Crippen LogP contribution < -0.4 is 9.64 Å². The van der Waals surface area contributed by atoms with Gasteiger partial charge in [-0.15, -0.1) is 0 Å². The molecule has 1 spiro atoms. The zero-order valence-electron chi connectivity index (χ0n) is 15.2. The molecule has 0 N–H and O–H groups in total. The molecule has 1 amide bonds. The van der Waals surface area contributed by atoms with Gasteiger partial charge in [-0.2, -0.15) is 0 Å². The lowest BCUT2D eigenvalue weighted by Crippen LogP contribution is -2.47. The second-order valence-corrected chi connectivity index (χ2v) is 7.72. The molecule has 2 aliphatic heterocycles. The summed E-state index contributed by atoms with van der Waals surface area (Å²) in [6.45, 7) is 4.15. The fourth-order valence-corrected chi connectivity index (χ4v) is 3.92. The largest absolute Gasteiger partial charge is 0.494 e. The van der Waals surface area contributed by atoms with Crippen LogP contribution in [-0.2, 0) is 20.1 Å². The molecule has 142 valence electrons. The molecular weight excluding hydrogens is 410 g/mol. The van der Waals surface area contributed by atoms with Crippen molar-refractivity contribution in [3.8, 4) is 5.75 Å². The SMILES string of the molecule is Cc1cccc(OCCCN2C(=O)C3(OCCCO3)c3cc(Br)ccc32)c1. The molecule has 27 heavy (non-hydrogen) atoms. The molecule has 0 bridgehead atoms. The number of hydrogen-bond acceptors (Lipinski definition) is 4. The van der Waals surface area contributed by atoms with E-state index < -0.39 is 5.79 Å². The van der Waals surface area contributed by atoms with Crippen molar-refractivity contribution in [1.82, 2.24) is 0 Å². The van der Waals surface area contributed by atoms with Gasteiger partial charge in [-0.05, 0) is 55.7 Å². The molecule has 5 nitrogen and oxygen atoms in total. The maximum atomic E-state index is 13.2. The van der Waals surface area contributed by atoms with Crippen molar-refractivity contribution in [2.75, 3.05) is 31.3 Å². The molecule has 4 rings (SSSR count). The molecule has 2 heterocycles. The van der Waals surface area contributed by atoms with Crippen LogP contribution in [0.4, 0.5) is 5.69 Å². The fraction of sp³-hybridized carbons (Fsp3) is 0.381. The van der Waals surface area contributed by atoms with Crippen molar-refractivity contribution in [2.24, 2.45) is 0 Å². The number of anilines is 1. The van der Waals surface area contributed by atoms with Crippen LogP contribution >= 0.6 is 15.9 Å². The van der Waals surface area contributed by atoms with Crippen molar-refractivity contribution < 1.29 is 19.0 Å². The van der Waals surface area contributed by atoms with Gasteiger partial charge in [0.1, 0.15) is 5.75 Å². The third-order valence-electron chi connectivity index (χ3n) is 4.81. The monoisotopic (exact) mass is 431 g/mol. The molecule has 0 aromatic heterocycles. The fourth-order valence-electron chi connectivity index (χ4n) is 3.56. The van der Waals surface area contributed by atoms with Crippen molar-refractivity contribution in [3.63, 3.8) is 0 Å². The Hall–Kier alpha value is -1.89. The minimum Gasteiger partial charge on any atom is -0.494 e. The van der Waals surface area contributed by atoms with Crippen LogP contribution in [0, 0.1) is 6.92 Å². The van der Waals surface area contributed by atoms with Gasteiger partial charge in [0.05, 0.1) is 25.5 Å². The molecule has 2 aliphatic rings. The van der Waals surface area contributed by atoms with E-state index in [1.807, 2.05) is 49.4 Å². The van der Waals surface area contributed by atoms with Gasteiger partial charge in [-0.25, -0.2) is 0 Å². The molecular formula is C21H22BrNO4. The molecule has 0 atom stereocenters. The summed E-state index contributed by atoms with van der Waals surface area (Å²) >= 11 is 3.49. The van der Waals surface area contributed by atoms with E-state index in [1.165, 1.54) is 0 Å². The lowest BCUT2D eigenvalue weighted by atomic mass is 10.1. The number of halogens is 1. The summed E-state index contributed by atoms with van der Waals surface area (Å²) < 4.78 is 18.5. The Morgan fingerprint density at radius 1 is 1.19 bits per heavy atom. The van der Waals surface area contributed by atoms with Crippen molar-refractivity contribution in [1.29, 1.82) is 0 Å². The van der Waals surface area contributed by atoms with Crippen LogP contribution in [0.1, 0.15) is 24.0 Å². The molecule has 2 aromatic rings. The molecule has 0 radical (unpaired) electrons. The summed E-state index contributed by atoms with van der Waals surface area (Å²) in [5, 5.41) is 0. The first-order chi connectivity index (χ1) is 13.1. The minimum absolute atomic E-state index is 0.147. The lowest BCUT2D eigenvalue weighted by molar-refractivity contribution is -0.256. The number of carbonyl (C=O) groups is 1. The number of carbonyl (C=O) groups excluding carboxylic acids is 1. The number of rotatable bonds is 5. The number of aryl methyl sites for hydroxylation is 1. The molecule has 0 unspecified atom stereocenters.